The van der Waals surface area contributed by atoms with Gasteiger partial charge in [0.2, 0.25) is 15.9 Å². The van der Waals surface area contributed by atoms with Crippen LogP contribution in [-0.2, 0) is 14.8 Å². The van der Waals surface area contributed by atoms with Crippen LogP contribution in [0.25, 0.3) is 0 Å². The summed E-state index contributed by atoms with van der Waals surface area (Å²) in [6.07, 6.45) is 0. The Kier molecular flexibility index (Phi) is 3.23. The van der Waals surface area contributed by atoms with Crippen LogP contribution in [0.15, 0.2) is 0 Å². The van der Waals surface area contributed by atoms with E-state index in [0.717, 1.165) is 0 Å². The zero-order valence-corrected chi connectivity index (χ0v) is 7.93. The fourth-order valence-electron chi connectivity index (χ4n) is 0.935. The molecule has 1 amide bonds. The highest BCUT2D eigenvalue weighted by atomic mass is 32.2. The number of hydrogen-bond acceptors (Lipinski definition) is 4. The van der Waals surface area contributed by atoms with Gasteiger partial charge in [0.15, 0.2) is 0 Å². The van der Waals surface area contributed by atoms with Gasteiger partial charge in [-0.1, -0.05) is 0 Å². The lowest BCUT2D eigenvalue weighted by atomic mass is 10.0. The topological polar surface area (TPSA) is 101 Å². The zero-order valence-electron chi connectivity index (χ0n) is 7.12. The highest BCUT2D eigenvalue weighted by Crippen LogP contribution is 2.01. The molecule has 0 aromatic carbocycles. The minimum atomic E-state index is -3.46. The smallest absolute Gasteiger partial charge is 0.225 e. The van der Waals surface area contributed by atoms with Crippen molar-refractivity contribution in [2.24, 2.45) is 11.1 Å². The molecule has 1 fully saturated rings. The Morgan fingerprint density at radius 2 is 2.15 bits per heavy atom. The van der Waals surface area contributed by atoms with Crippen LogP contribution in [-0.4, -0.2) is 39.7 Å². The first-order chi connectivity index (χ1) is 5.99. The van der Waals surface area contributed by atoms with Gasteiger partial charge in [-0.25, -0.2) is 13.6 Å². The van der Waals surface area contributed by atoms with E-state index in [0.29, 0.717) is 13.1 Å². The van der Waals surface area contributed by atoms with Gasteiger partial charge in [0, 0.05) is 19.6 Å². The molecule has 1 heterocycles. The molecule has 4 N–H and O–H groups in total. The van der Waals surface area contributed by atoms with Gasteiger partial charge in [0.05, 0.1) is 11.7 Å². The fourth-order valence-corrected chi connectivity index (χ4v) is 1.32. The number of rotatable bonds is 4. The Hall–Kier alpha value is -0.660. The third kappa shape index (κ3) is 3.71. The molecule has 0 atom stereocenters. The van der Waals surface area contributed by atoms with Crippen molar-refractivity contribution in [2.45, 2.75) is 0 Å². The molecule has 0 unspecified atom stereocenters. The first-order valence-electron chi connectivity index (χ1n) is 3.98. The van der Waals surface area contributed by atoms with Crippen LogP contribution >= 0.6 is 0 Å². The first kappa shape index (κ1) is 10.4. The SMILES string of the molecule is NS(=O)(=O)CCNC(=O)C1CNC1. The van der Waals surface area contributed by atoms with Crippen LogP contribution < -0.4 is 15.8 Å². The number of carbonyl (C=O) groups is 1. The summed E-state index contributed by atoms with van der Waals surface area (Å²) >= 11 is 0. The van der Waals surface area contributed by atoms with Crippen molar-refractivity contribution in [1.82, 2.24) is 10.6 Å². The third-order valence-corrected chi connectivity index (χ3v) is 2.61. The first-order valence-corrected chi connectivity index (χ1v) is 5.69. The van der Waals surface area contributed by atoms with Crippen molar-refractivity contribution in [3.8, 4) is 0 Å². The van der Waals surface area contributed by atoms with E-state index in [2.05, 4.69) is 10.6 Å². The van der Waals surface area contributed by atoms with Gasteiger partial charge in [-0.15, -0.1) is 0 Å². The van der Waals surface area contributed by atoms with E-state index in [1.54, 1.807) is 0 Å². The molecule has 0 aliphatic carbocycles. The monoisotopic (exact) mass is 207 g/mol. The maximum Gasteiger partial charge on any atom is 0.225 e. The molecule has 0 bridgehead atoms. The van der Waals surface area contributed by atoms with Crippen molar-refractivity contribution >= 4 is 15.9 Å². The number of primary sulfonamides is 1. The van der Waals surface area contributed by atoms with Crippen LogP contribution in [0, 0.1) is 5.92 Å². The van der Waals surface area contributed by atoms with Crippen molar-refractivity contribution in [2.75, 3.05) is 25.4 Å². The Balaban J connectivity index is 2.15. The van der Waals surface area contributed by atoms with E-state index in [-0.39, 0.29) is 24.1 Å². The van der Waals surface area contributed by atoms with Gasteiger partial charge in [-0.2, -0.15) is 0 Å². The van der Waals surface area contributed by atoms with Crippen LogP contribution in [0.3, 0.4) is 0 Å². The van der Waals surface area contributed by atoms with Crippen LogP contribution in [0.1, 0.15) is 0 Å². The predicted octanol–water partition coefficient (Wildman–Crippen LogP) is -2.39. The lowest BCUT2D eigenvalue weighted by molar-refractivity contribution is -0.126. The fraction of sp³-hybridized carbons (Fsp3) is 0.833. The molecule has 1 aliphatic rings. The normalized spacial score (nSPS) is 17.9. The van der Waals surface area contributed by atoms with Gasteiger partial charge in [0.25, 0.3) is 0 Å². The van der Waals surface area contributed by atoms with E-state index < -0.39 is 10.0 Å². The Bertz CT molecular complexity index is 283. The second-order valence-corrected chi connectivity index (χ2v) is 4.75. The van der Waals surface area contributed by atoms with Gasteiger partial charge in [-0.05, 0) is 0 Å². The lowest BCUT2D eigenvalue weighted by Gasteiger charge is -2.25. The molecular formula is C6H13N3O3S. The molecule has 0 radical (unpaired) electrons. The summed E-state index contributed by atoms with van der Waals surface area (Å²) < 4.78 is 21.0. The number of amides is 1. The number of nitrogens with one attached hydrogen (secondary N) is 2. The van der Waals surface area contributed by atoms with Gasteiger partial charge >= 0.3 is 0 Å². The predicted molar refractivity (Wildman–Crippen MR) is 47.3 cm³/mol. The van der Waals surface area contributed by atoms with Gasteiger partial charge in [-0.3, -0.25) is 4.79 Å². The van der Waals surface area contributed by atoms with Crippen molar-refractivity contribution < 1.29 is 13.2 Å². The average Bonchev–Trinajstić information content (AvgIpc) is 1.79. The number of carbonyl (C=O) groups excluding carboxylic acids is 1. The van der Waals surface area contributed by atoms with Crippen LogP contribution in [0.4, 0.5) is 0 Å². The average molecular weight is 207 g/mol. The molecule has 0 aromatic heterocycles. The number of hydrogen-bond donors (Lipinski definition) is 3. The minimum Gasteiger partial charge on any atom is -0.355 e. The van der Waals surface area contributed by atoms with E-state index in [4.69, 9.17) is 5.14 Å². The maximum atomic E-state index is 11.1. The van der Waals surface area contributed by atoms with Crippen molar-refractivity contribution in [3.63, 3.8) is 0 Å². The highest BCUT2D eigenvalue weighted by molar-refractivity contribution is 7.89. The van der Waals surface area contributed by atoms with E-state index in [1.807, 2.05) is 0 Å². The Morgan fingerprint density at radius 1 is 1.54 bits per heavy atom. The molecular weight excluding hydrogens is 194 g/mol. The van der Waals surface area contributed by atoms with Crippen molar-refractivity contribution in [3.05, 3.63) is 0 Å². The largest absolute Gasteiger partial charge is 0.355 e. The third-order valence-electron chi connectivity index (χ3n) is 1.84. The zero-order chi connectivity index (χ0) is 9.90. The molecule has 0 spiro atoms. The minimum absolute atomic E-state index is 0.0134. The Labute approximate surface area is 76.9 Å². The summed E-state index contributed by atoms with van der Waals surface area (Å²) in [6.45, 7) is 1.43. The second-order valence-electron chi connectivity index (χ2n) is 3.01. The van der Waals surface area contributed by atoms with Crippen molar-refractivity contribution in [1.29, 1.82) is 0 Å². The highest BCUT2D eigenvalue weighted by Gasteiger charge is 2.24. The summed E-state index contributed by atoms with van der Waals surface area (Å²) in [6, 6.07) is 0. The molecule has 6 nitrogen and oxygen atoms in total. The summed E-state index contributed by atoms with van der Waals surface area (Å²) in [5, 5.41) is 10.2. The van der Waals surface area contributed by atoms with Crippen LogP contribution in [0.2, 0.25) is 0 Å². The number of sulfonamides is 1. The summed E-state index contributed by atoms with van der Waals surface area (Å²) in [7, 11) is -3.46. The standard InChI is InChI=1S/C6H13N3O3S/c7-13(11,12)2-1-9-6(10)5-3-8-4-5/h5,8H,1-4H2,(H,9,10)(H2,7,11,12). The lowest BCUT2D eigenvalue weighted by Crippen LogP contribution is -2.51. The van der Waals surface area contributed by atoms with E-state index >= 15 is 0 Å². The molecule has 7 heteroatoms. The second kappa shape index (κ2) is 4.03. The maximum absolute atomic E-state index is 11.1. The summed E-state index contributed by atoms with van der Waals surface area (Å²) in [5.41, 5.74) is 0. The van der Waals surface area contributed by atoms with E-state index in [9.17, 15) is 13.2 Å². The summed E-state index contributed by atoms with van der Waals surface area (Å²) in [5.74, 6) is -0.332. The molecule has 0 saturated carbocycles. The summed E-state index contributed by atoms with van der Waals surface area (Å²) in [4.78, 5) is 11.1. The quantitative estimate of drug-likeness (QED) is 0.478. The Morgan fingerprint density at radius 3 is 2.54 bits per heavy atom. The van der Waals surface area contributed by atoms with Crippen LogP contribution in [0.5, 0.6) is 0 Å². The number of nitrogens with two attached hydrogens (primary N) is 1. The van der Waals surface area contributed by atoms with E-state index in [1.165, 1.54) is 0 Å². The molecule has 1 saturated heterocycles. The molecule has 1 rings (SSSR count). The molecule has 76 valence electrons. The van der Waals surface area contributed by atoms with Gasteiger partial charge < -0.3 is 10.6 Å². The molecule has 13 heavy (non-hydrogen) atoms. The molecule has 1 aliphatic heterocycles. The molecule has 0 aromatic rings. The van der Waals surface area contributed by atoms with Gasteiger partial charge in [0.1, 0.15) is 0 Å².